The third-order valence-corrected chi connectivity index (χ3v) is 7.13. The number of benzene rings is 1. The molecule has 1 aromatic carbocycles. The van der Waals surface area contributed by atoms with E-state index < -0.39 is 5.92 Å². The van der Waals surface area contributed by atoms with Gasteiger partial charge in [-0.3, -0.25) is 9.59 Å². The number of ketones is 2. The SMILES string of the molecule is CC(C)COc1c(Cl)cc(Cl)cc1C1C2=C(CC(C)(C)CC2=O)NC2=C1C(=O)CC(C)(C)C2. The van der Waals surface area contributed by atoms with Gasteiger partial charge >= 0.3 is 0 Å². The molecule has 2 aliphatic carbocycles. The number of rotatable bonds is 4. The first-order valence-electron chi connectivity index (χ1n) is 11.7. The van der Waals surface area contributed by atoms with Gasteiger partial charge in [0.15, 0.2) is 11.6 Å². The van der Waals surface area contributed by atoms with E-state index in [0.29, 0.717) is 52.0 Å². The summed E-state index contributed by atoms with van der Waals surface area (Å²) in [5.74, 6) is 0.400. The molecule has 0 spiro atoms. The molecular weight excluding hydrogens is 457 g/mol. The van der Waals surface area contributed by atoms with Crippen molar-refractivity contribution in [2.75, 3.05) is 6.61 Å². The zero-order valence-corrected chi connectivity index (χ0v) is 21.8. The number of nitrogens with one attached hydrogen (secondary N) is 1. The summed E-state index contributed by atoms with van der Waals surface area (Å²) in [4.78, 5) is 27.1. The van der Waals surface area contributed by atoms with Crippen molar-refractivity contribution in [3.8, 4) is 5.75 Å². The maximum Gasteiger partial charge on any atom is 0.162 e. The number of allylic oxidation sites excluding steroid dienone is 4. The molecule has 1 N–H and O–H groups in total. The second-order valence-corrected chi connectivity index (χ2v) is 12.6. The van der Waals surface area contributed by atoms with Crippen LogP contribution in [0.25, 0.3) is 0 Å². The van der Waals surface area contributed by atoms with Gasteiger partial charge in [0.25, 0.3) is 0 Å². The summed E-state index contributed by atoms with van der Waals surface area (Å²) in [7, 11) is 0. The quantitative estimate of drug-likeness (QED) is 0.494. The normalized spacial score (nSPS) is 22.3. The van der Waals surface area contributed by atoms with Crippen molar-refractivity contribution in [2.24, 2.45) is 16.7 Å². The van der Waals surface area contributed by atoms with E-state index in [2.05, 4.69) is 46.9 Å². The molecule has 0 aromatic heterocycles. The van der Waals surface area contributed by atoms with E-state index in [0.717, 1.165) is 24.2 Å². The second-order valence-electron chi connectivity index (χ2n) is 11.7. The molecule has 0 saturated heterocycles. The van der Waals surface area contributed by atoms with E-state index in [9.17, 15) is 9.59 Å². The fraction of sp³-hybridized carbons (Fsp3) is 0.556. The van der Waals surface area contributed by atoms with Gasteiger partial charge in [-0.1, -0.05) is 64.7 Å². The molecule has 0 radical (unpaired) electrons. The predicted octanol–water partition coefficient (Wildman–Crippen LogP) is 7.00. The number of ether oxygens (including phenoxy) is 1. The molecule has 4 rings (SSSR count). The third-order valence-electron chi connectivity index (χ3n) is 6.63. The van der Waals surface area contributed by atoms with E-state index in [1.165, 1.54) is 0 Å². The Hall–Kier alpha value is -1.78. The first-order valence-corrected chi connectivity index (χ1v) is 12.4. The van der Waals surface area contributed by atoms with Crippen molar-refractivity contribution in [1.29, 1.82) is 0 Å². The Kier molecular flexibility index (Phi) is 6.24. The van der Waals surface area contributed by atoms with Crippen LogP contribution in [0, 0.1) is 16.7 Å². The summed E-state index contributed by atoms with van der Waals surface area (Å²) in [5.41, 5.74) is 3.55. The molecule has 178 valence electrons. The van der Waals surface area contributed by atoms with Gasteiger partial charge in [-0.05, 0) is 41.7 Å². The van der Waals surface area contributed by atoms with Gasteiger partial charge in [0.05, 0.1) is 11.6 Å². The summed E-state index contributed by atoms with van der Waals surface area (Å²) in [6.07, 6.45) is 2.35. The molecule has 0 atom stereocenters. The van der Waals surface area contributed by atoms with Crippen LogP contribution in [0.2, 0.25) is 10.0 Å². The highest BCUT2D eigenvalue weighted by atomic mass is 35.5. The standard InChI is InChI=1S/C27H33Cl2NO3/c1-14(2)13-33-25-16(7-15(28)8-17(25)29)22-23-18(9-26(3,4)11-20(23)31)30-19-10-27(5,6)12-21(32)24(19)22/h7-8,14,22,30H,9-13H2,1-6H3. The minimum Gasteiger partial charge on any atom is -0.491 e. The van der Waals surface area contributed by atoms with Crippen LogP contribution in [-0.2, 0) is 9.59 Å². The smallest absolute Gasteiger partial charge is 0.162 e. The average molecular weight is 490 g/mol. The number of Topliss-reactive ketones (excluding diaryl/α,β-unsaturated/α-hetero) is 2. The minimum atomic E-state index is -0.526. The average Bonchev–Trinajstić information content (AvgIpc) is 2.62. The van der Waals surface area contributed by atoms with Crippen LogP contribution in [0.4, 0.5) is 0 Å². The summed E-state index contributed by atoms with van der Waals surface area (Å²) in [6.45, 7) is 13.0. The van der Waals surface area contributed by atoms with Crippen molar-refractivity contribution in [3.63, 3.8) is 0 Å². The fourth-order valence-corrected chi connectivity index (χ4v) is 5.96. The van der Waals surface area contributed by atoms with Gasteiger partial charge in [-0.2, -0.15) is 0 Å². The van der Waals surface area contributed by atoms with Gasteiger partial charge in [0, 0.05) is 51.9 Å². The highest BCUT2D eigenvalue weighted by molar-refractivity contribution is 6.35. The zero-order valence-electron chi connectivity index (χ0n) is 20.3. The monoisotopic (exact) mass is 489 g/mol. The molecule has 0 unspecified atom stereocenters. The maximum absolute atomic E-state index is 13.5. The van der Waals surface area contributed by atoms with Crippen LogP contribution in [-0.4, -0.2) is 18.2 Å². The number of hydrogen-bond donors (Lipinski definition) is 1. The van der Waals surface area contributed by atoms with Gasteiger partial charge in [-0.25, -0.2) is 0 Å². The van der Waals surface area contributed by atoms with Gasteiger partial charge in [-0.15, -0.1) is 0 Å². The van der Waals surface area contributed by atoms with Crippen LogP contribution >= 0.6 is 23.2 Å². The molecule has 4 nitrogen and oxygen atoms in total. The van der Waals surface area contributed by atoms with Crippen molar-refractivity contribution in [2.45, 2.75) is 73.1 Å². The number of halogens is 2. The highest BCUT2D eigenvalue weighted by Gasteiger charge is 2.47. The summed E-state index contributed by atoms with van der Waals surface area (Å²) in [6, 6.07) is 3.47. The Balaban J connectivity index is 1.96. The van der Waals surface area contributed by atoms with E-state index in [-0.39, 0.29) is 28.3 Å². The highest BCUT2D eigenvalue weighted by Crippen LogP contribution is 2.53. The Morgan fingerprint density at radius 2 is 1.45 bits per heavy atom. The fourth-order valence-electron chi connectivity index (χ4n) is 5.40. The van der Waals surface area contributed by atoms with E-state index in [4.69, 9.17) is 27.9 Å². The number of carbonyl (C=O) groups excluding carboxylic acids is 2. The largest absolute Gasteiger partial charge is 0.491 e. The lowest BCUT2D eigenvalue weighted by molar-refractivity contribution is -0.119. The lowest BCUT2D eigenvalue weighted by Crippen LogP contribution is -2.42. The Labute approximate surface area is 206 Å². The minimum absolute atomic E-state index is 0.0637. The van der Waals surface area contributed by atoms with Gasteiger partial charge in [0.2, 0.25) is 0 Å². The van der Waals surface area contributed by atoms with Crippen LogP contribution in [0.3, 0.4) is 0 Å². The van der Waals surface area contributed by atoms with Crippen molar-refractivity contribution in [3.05, 3.63) is 50.3 Å². The second kappa shape index (κ2) is 8.46. The molecule has 0 fully saturated rings. The Morgan fingerprint density at radius 1 is 0.939 bits per heavy atom. The van der Waals surface area contributed by atoms with Crippen molar-refractivity contribution >= 4 is 34.8 Å². The Morgan fingerprint density at radius 3 is 1.94 bits per heavy atom. The molecule has 3 aliphatic rings. The van der Waals surface area contributed by atoms with Gasteiger partial charge in [0.1, 0.15) is 5.75 Å². The van der Waals surface area contributed by atoms with E-state index >= 15 is 0 Å². The van der Waals surface area contributed by atoms with Crippen LogP contribution in [0.5, 0.6) is 5.75 Å². The molecular formula is C27H33Cl2NO3. The zero-order chi connectivity index (χ0) is 24.3. The number of dihydropyridines is 1. The first kappa shape index (κ1) is 24.3. The third kappa shape index (κ3) is 4.74. The summed E-state index contributed by atoms with van der Waals surface area (Å²) >= 11 is 13.1. The van der Waals surface area contributed by atoms with E-state index in [1.807, 2.05) is 6.07 Å². The lowest BCUT2D eigenvalue weighted by atomic mass is 9.64. The molecule has 1 aromatic rings. The number of hydrogen-bond acceptors (Lipinski definition) is 4. The van der Waals surface area contributed by atoms with Crippen molar-refractivity contribution in [1.82, 2.24) is 5.32 Å². The molecule has 0 amide bonds. The first-order chi connectivity index (χ1) is 15.3. The molecule has 0 saturated carbocycles. The topological polar surface area (TPSA) is 55.4 Å². The molecule has 33 heavy (non-hydrogen) atoms. The molecule has 6 heteroatoms. The van der Waals surface area contributed by atoms with Crippen molar-refractivity contribution < 1.29 is 14.3 Å². The Bertz CT molecular complexity index is 1040. The van der Waals surface area contributed by atoms with Gasteiger partial charge < -0.3 is 10.1 Å². The molecule has 1 heterocycles. The maximum atomic E-state index is 13.5. The van der Waals surface area contributed by atoms with Crippen LogP contribution < -0.4 is 10.1 Å². The predicted molar refractivity (Wildman–Crippen MR) is 133 cm³/mol. The number of carbonyl (C=O) groups is 2. The summed E-state index contributed by atoms with van der Waals surface area (Å²) in [5, 5.41) is 4.40. The van der Waals surface area contributed by atoms with Crippen LogP contribution in [0.15, 0.2) is 34.7 Å². The van der Waals surface area contributed by atoms with Crippen LogP contribution in [0.1, 0.15) is 78.7 Å². The molecule has 1 aliphatic heterocycles. The van der Waals surface area contributed by atoms with E-state index in [1.54, 1.807) is 6.07 Å². The summed E-state index contributed by atoms with van der Waals surface area (Å²) < 4.78 is 6.17. The lowest BCUT2D eigenvalue weighted by Gasteiger charge is -2.44. The molecule has 0 bridgehead atoms.